The van der Waals surface area contributed by atoms with Gasteiger partial charge in [-0.2, -0.15) is 0 Å². The Morgan fingerprint density at radius 3 is 2.77 bits per heavy atom. The lowest BCUT2D eigenvalue weighted by Crippen LogP contribution is -2.38. The zero-order valence-electron chi connectivity index (χ0n) is 23.6. The summed E-state index contributed by atoms with van der Waals surface area (Å²) in [6, 6.07) is 8.16. The Labute approximate surface area is 240 Å². The third-order valence-corrected chi connectivity index (χ3v) is 9.42. The molecule has 0 N–H and O–H groups in total. The average Bonchev–Trinajstić information content (AvgIpc) is 3.59. The van der Waals surface area contributed by atoms with Crippen LogP contribution in [0.4, 0.5) is 10.8 Å². The third kappa shape index (κ3) is 5.75. The van der Waals surface area contributed by atoms with Crippen molar-refractivity contribution in [2.75, 3.05) is 82.5 Å². The van der Waals surface area contributed by atoms with Gasteiger partial charge in [-0.05, 0) is 37.0 Å². The molecule has 1 aromatic carbocycles. The van der Waals surface area contributed by atoms with Gasteiger partial charge in [-0.1, -0.05) is 13.0 Å². The number of hydrogen-bond acceptors (Lipinski definition) is 9. The summed E-state index contributed by atoms with van der Waals surface area (Å²) < 4.78 is 11.4. The maximum absolute atomic E-state index is 13.5. The number of fused-ring (bicyclic) bond motifs is 1. The van der Waals surface area contributed by atoms with E-state index in [9.17, 15) is 4.79 Å². The monoisotopic (exact) mass is 564 g/mol. The Morgan fingerprint density at radius 2 is 1.98 bits per heavy atom. The molecule has 3 aliphatic rings. The van der Waals surface area contributed by atoms with Crippen molar-refractivity contribution < 1.29 is 14.3 Å². The summed E-state index contributed by atoms with van der Waals surface area (Å²) in [5.74, 6) is 1.67. The van der Waals surface area contributed by atoms with Crippen LogP contribution in [0.3, 0.4) is 0 Å². The summed E-state index contributed by atoms with van der Waals surface area (Å²) in [5, 5.41) is 4.32. The van der Waals surface area contributed by atoms with Gasteiger partial charge in [0.2, 0.25) is 5.91 Å². The molecule has 10 heteroatoms. The van der Waals surface area contributed by atoms with Crippen molar-refractivity contribution in [2.45, 2.75) is 32.2 Å². The smallest absolute Gasteiger partial charge is 0.224 e. The summed E-state index contributed by atoms with van der Waals surface area (Å²) in [4.78, 5) is 32.6. The van der Waals surface area contributed by atoms with E-state index in [0.29, 0.717) is 12.3 Å². The molecule has 1 amide bonds. The van der Waals surface area contributed by atoms with Crippen LogP contribution in [0.15, 0.2) is 35.8 Å². The molecule has 0 aliphatic carbocycles. The van der Waals surface area contributed by atoms with E-state index in [4.69, 9.17) is 19.4 Å². The quantitative estimate of drug-likeness (QED) is 0.426. The molecule has 0 bridgehead atoms. The van der Waals surface area contributed by atoms with Gasteiger partial charge in [-0.25, -0.2) is 4.98 Å². The molecular weight excluding hydrogens is 524 g/mol. The van der Waals surface area contributed by atoms with Gasteiger partial charge in [0.05, 0.1) is 37.6 Å². The molecule has 214 valence electrons. The second kappa shape index (κ2) is 12.3. The SMILES string of the molecule is COc1ccc2cccnc2c1N1CCCN(C(CC(=O)N2CC[C@@H](C)C2)c2csc(N3CCOCC3)n2)CC1. The van der Waals surface area contributed by atoms with Crippen molar-refractivity contribution in [2.24, 2.45) is 5.92 Å². The van der Waals surface area contributed by atoms with Crippen LogP contribution in [-0.4, -0.2) is 98.4 Å². The van der Waals surface area contributed by atoms with E-state index in [1.54, 1.807) is 18.4 Å². The van der Waals surface area contributed by atoms with E-state index in [1.807, 2.05) is 18.3 Å². The number of amides is 1. The molecule has 6 rings (SSSR count). The normalized spacial score (nSPS) is 21.6. The summed E-state index contributed by atoms with van der Waals surface area (Å²) in [7, 11) is 1.73. The van der Waals surface area contributed by atoms with Gasteiger partial charge in [-0.15, -0.1) is 11.3 Å². The van der Waals surface area contributed by atoms with Crippen molar-refractivity contribution in [3.8, 4) is 5.75 Å². The number of thiazole rings is 1. The Balaban J connectivity index is 1.25. The lowest BCUT2D eigenvalue weighted by Gasteiger charge is -2.31. The Bertz CT molecular complexity index is 1310. The van der Waals surface area contributed by atoms with Crippen LogP contribution in [0, 0.1) is 5.92 Å². The fourth-order valence-corrected chi connectivity index (χ4v) is 7.19. The molecule has 0 radical (unpaired) electrons. The van der Waals surface area contributed by atoms with Gasteiger partial charge in [0.25, 0.3) is 0 Å². The Morgan fingerprint density at radius 1 is 1.10 bits per heavy atom. The van der Waals surface area contributed by atoms with Crippen molar-refractivity contribution >= 4 is 39.0 Å². The number of ether oxygens (including phenoxy) is 2. The minimum atomic E-state index is -0.0399. The number of morpholine rings is 1. The predicted molar refractivity (Wildman–Crippen MR) is 160 cm³/mol. The summed E-state index contributed by atoms with van der Waals surface area (Å²) in [6.45, 7) is 10.6. The number of aromatic nitrogens is 2. The van der Waals surface area contributed by atoms with E-state index in [1.165, 1.54) is 0 Å². The molecule has 2 atom stereocenters. The largest absolute Gasteiger partial charge is 0.494 e. The first-order valence-electron chi connectivity index (χ1n) is 14.6. The number of pyridine rings is 1. The lowest BCUT2D eigenvalue weighted by molar-refractivity contribution is -0.131. The van der Waals surface area contributed by atoms with Crippen LogP contribution in [-0.2, 0) is 9.53 Å². The van der Waals surface area contributed by atoms with E-state index in [0.717, 1.165) is 112 Å². The van der Waals surface area contributed by atoms with Gasteiger partial charge in [-0.3, -0.25) is 14.7 Å². The van der Waals surface area contributed by atoms with Crippen LogP contribution in [0.1, 0.15) is 37.9 Å². The van der Waals surface area contributed by atoms with Crippen molar-refractivity contribution in [1.82, 2.24) is 19.8 Å². The molecule has 3 aliphatic heterocycles. The maximum Gasteiger partial charge on any atom is 0.224 e. The van der Waals surface area contributed by atoms with E-state index in [2.05, 4.69) is 44.0 Å². The molecule has 3 fully saturated rings. The maximum atomic E-state index is 13.5. The highest BCUT2D eigenvalue weighted by Gasteiger charge is 2.32. The third-order valence-electron chi connectivity index (χ3n) is 8.50. The number of anilines is 2. The summed E-state index contributed by atoms with van der Waals surface area (Å²) in [6.07, 6.45) is 4.40. The highest BCUT2D eigenvalue weighted by molar-refractivity contribution is 7.13. The van der Waals surface area contributed by atoms with Crippen LogP contribution in [0.2, 0.25) is 0 Å². The fourth-order valence-electron chi connectivity index (χ4n) is 6.26. The van der Waals surface area contributed by atoms with E-state index >= 15 is 0 Å². The molecule has 5 heterocycles. The summed E-state index contributed by atoms with van der Waals surface area (Å²) in [5.41, 5.74) is 3.05. The van der Waals surface area contributed by atoms with Crippen LogP contribution in [0.25, 0.3) is 10.9 Å². The van der Waals surface area contributed by atoms with Crippen molar-refractivity contribution in [1.29, 1.82) is 0 Å². The Kier molecular flexibility index (Phi) is 8.36. The number of hydrogen-bond donors (Lipinski definition) is 0. The zero-order chi connectivity index (χ0) is 27.5. The molecule has 3 aromatic rings. The van der Waals surface area contributed by atoms with Gasteiger partial charge in [0.1, 0.15) is 11.4 Å². The highest BCUT2D eigenvalue weighted by Crippen LogP contribution is 2.37. The number of methoxy groups -OCH3 is 1. The molecule has 0 saturated carbocycles. The minimum absolute atomic E-state index is 0.0399. The first kappa shape index (κ1) is 27.2. The molecular formula is C30H40N6O3S. The molecule has 9 nitrogen and oxygen atoms in total. The van der Waals surface area contributed by atoms with Gasteiger partial charge >= 0.3 is 0 Å². The van der Waals surface area contributed by atoms with Gasteiger partial charge in [0, 0.05) is 75.7 Å². The number of rotatable bonds is 7. The standard InChI is InChI=1S/C30H40N6O3S/c1-22-8-12-36(20-22)27(37)19-25(24-21-40-30(32-24)35-15-17-39-18-16-35)33-10-4-11-34(14-13-33)29-26(38-2)7-6-23-5-3-9-31-28(23)29/h3,5-7,9,21-22,25H,4,8,10-20H2,1-2H3/t22-,25?/m1/s1. The van der Waals surface area contributed by atoms with Crippen LogP contribution in [0.5, 0.6) is 5.75 Å². The number of likely N-dealkylation sites (tertiary alicyclic amines) is 1. The first-order chi connectivity index (χ1) is 19.6. The number of nitrogens with zero attached hydrogens (tertiary/aromatic N) is 6. The van der Waals surface area contributed by atoms with E-state index in [-0.39, 0.29) is 11.9 Å². The zero-order valence-corrected chi connectivity index (χ0v) is 24.4. The van der Waals surface area contributed by atoms with Crippen molar-refractivity contribution in [3.05, 3.63) is 41.5 Å². The number of benzene rings is 1. The Hall–Kier alpha value is -2.95. The van der Waals surface area contributed by atoms with E-state index < -0.39 is 0 Å². The topological polar surface area (TPSA) is 74.3 Å². The molecule has 2 aromatic heterocycles. The number of carbonyl (C=O) groups is 1. The lowest BCUT2D eigenvalue weighted by atomic mass is 10.1. The summed E-state index contributed by atoms with van der Waals surface area (Å²) >= 11 is 1.69. The van der Waals surface area contributed by atoms with Gasteiger partial charge in [0.15, 0.2) is 5.13 Å². The average molecular weight is 565 g/mol. The van der Waals surface area contributed by atoms with Crippen LogP contribution < -0.4 is 14.5 Å². The van der Waals surface area contributed by atoms with Crippen molar-refractivity contribution in [3.63, 3.8) is 0 Å². The second-order valence-electron chi connectivity index (χ2n) is 11.2. The first-order valence-corrected chi connectivity index (χ1v) is 15.5. The molecule has 40 heavy (non-hydrogen) atoms. The minimum Gasteiger partial charge on any atom is -0.494 e. The molecule has 1 unspecified atom stereocenters. The second-order valence-corrected chi connectivity index (χ2v) is 12.0. The molecule has 0 spiro atoms. The number of carbonyl (C=O) groups excluding carboxylic acids is 1. The fraction of sp³-hybridized carbons (Fsp3) is 0.567. The molecule has 3 saturated heterocycles. The predicted octanol–water partition coefficient (Wildman–Crippen LogP) is 4.05. The van der Waals surface area contributed by atoms with Gasteiger partial charge < -0.3 is 24.2 Å². The highest BCUT2D eigenvalue weighted by atomic mass is 32.1. The van der Waals surface area contributed by atoms with Crippen LogP contribution >= 0.6 is 11.3 Å².